The monoisotopic (exact) mass is 210 g/mol. The second-order valence-electron chi connectivity index (χ2n) is 3.22. The molecular weight excluding hydrogens is 192 g/mol. The molecular formula is C10H18N4O. The molecule has 0 aliphatic carbocycles. The molecule has 0 unspecified atom stereocenters. The minimum Gasteiger partial charge on any atom is -0.394 e. The van der Waals surface area contributed by atoms with Gasteiger partial charge in [-0.1, -0.05) is 6.08 Å². The van der Waals surface area contributed by atoms with Gasteiger partial charge in [0, 0.05) is 19.8 Å². The predicted molar refractivity (Wildman–Crippen MR) is 61.7 cm³/mol. The van der Waals surface area contributed by atoms with Crippen LogP contribution in [0.3, 0.4) is 0 Å². The summed E-state index contributed by atoms with van der Waals surface area (Å²) in [7, 11) is 1.84. The molecule has 0 saturated heterocycles. The van der Waals surface area contributed by atoms with Crippen LogP contribution in [-0.2, 0) is 11.8 Å². The van der Waals surface area contributed by atoms with Gasteiger partial charge in [0.05, 0.1) is 18.9 Å². The van der Waals surface area contributed by atoms with Gasteiger partial charge in [-0.05, 0) is 6.42 Å². The van der Waals surface area contributed by atoms with Crippen molar-refractivity contribution in [3.63, 3.8) is 0 Å². The van der Waals surface area contributed by atoms with Gasteiger partial charge in [0.1, 0.15) is 0 Å². The Bertz CT molecular complexity index is 308. The van der Waals surface area contributed by atoms with Crippen molar-refractivity contribution < 1.29 is 4.74 Å². The van der Waals surface area contributed by atoms with E-state index in [0.717, 1.165) is 6.42 Å². The standard InChI is InChI=1S/C10H18N4O/c1-3-4-6-15-7-5-12-10-9(11)8-14(2)13-10/h3,8H,1,4-7,11H2,2H3,(H,12,13). The zero-order valence-electron chi connectivity index (χ0n) is 9.07. The number of hydrogen-bond donors (Lipinski definition) is 2. The van der Waals surface area contributed by atoms with Gasteiger partial charge < -0.3 is 15.8 Å². The summed E-state index contributed by atoms with van der Waals surface area (Å²) in [5.41, 5.74) is 6.36. The number of ether oxygens (including phenoxy) is 1. The van der Waals surface area contributed by atoms with Crippen molar-refractivity contribution in [3.05, 3.63) is 18.9 Å². The van der Waals surface area contributed by atoms with Crippen molar-refractivity contribution in [2.24, 2.45) is 7.05 Å². The molecule has 1 heterocycles. The fourth-order valence-electron chi connectivity index (χ4n) is 1.15. The Morgan fingerprint density at radius 2 is 2.47 bits per heavy atom. The molecule has 84 valence electrons. The number of anilines is 2. The molecule has 0 aliphatic rings. The molecule has 0 amide bonds. The van der Waals surface area contributed by atoms with Crippen LogP contribution in [0.2, 0.25) is 0 Å². The Morgan fingerprint density at radius 3 is 3.07 bits per heavy atom. The first-order valence-corrected chi connectivity index (χ1v) is 4.95. The van der Waals surface area contributed by atoms with Gasteiger partial charge >= 0.3 is 0 Å². The van der Waals surface area contributed by atoms with Gasteiger partial charge in [-0.25, -0.2) is 0 Å². The van der Waals surface area contributed by atoms with Gasteiger partial charge in [0.15, 0.2) is 5.82 Å². The Hall–Kier alpha value is -1.49. The third-order valence-corrected chi connectivity index (χ3v) is 1.86. The Kier molecular flexibility index (Phi) is 4.70. The lowest BCUT2D eigenvalue weighted by atomic mass is 10.4. The summed E-state index contributed by atoms with van der Waals surface area (Å²) >= 11 is 0. The molecule has 0 saturated carbocycles. The van der Waals surface area contributed by atoms with Crippen molar-refractivity contribution in [1.82, 2.24) is 9.78 Å². The molecule has 0 atom stereocenters. The molecule has 5 nitrogen and oxygen atoms in total. The van der Waals surface area contributed by atoms with Crippen molar-refractivity contribution >= 4 is 11.5 Å². The molecule has 0 aliphatic heterocycles. The maximum atomic E-state index is 5.70. The fraction of sp³-hybridized carbons (Fsp3) is 0.500. The van der Waals surface area contributed by atoms with Crippen LogP contribution < -0.4 is 11.1 Å². The van der Waals surface area contributed by atoms with Crippen molar-refractivity contribution in [3.8, 4) is 0 Å². The van der Waals surface area contributed by atoms with E-state index >= 15 is 0 Å². The molecule has 0 spiro atoms. The molecule has 5 heteroatoms. The van der Waals surface area contributed by atoms with Gasteiger partial charge in [-0.2, -0.15) is 5.10 Å². The topological polar surface area (TPSA) is 65.1 Å². The van der Waals surface area contributed by atoms with E-state index in [9.17, 15) is 0 Å². The van der Waals surface area contributed by atoms with Crippen LogP contribution >= 0.6 is 0 Å². The van der Waals surface area contributed by atoms with E-state index in [0.29, 0.717) is 31.3 Å². The molecule has 0 fully saturated rings. The highest BCUT2D eigenvalue weighted by Crippen LogP contribution is 2.13. The molecule has 1 rings (SSSR count). The lowest BCUT2D eigenvalue weighted by molar-refractivity contribution is 0.149. The molecule has 0 aromatic carbocycles. The summed E-state index contributed by atoms with van der Waals surface area (Å²) in [5.74, 6) is 0.713. The zero-order chi connectivity index (χ0) is 11.1. The highest BCUT2D eigenvalue weighted by Gasteiger charge is 2.01. The molecule has 1 aromatic rings. The first-order valence-electron chi connectivity index (χ1n) is 4.95. The summed E-state index contributed by atoms with van der Waals surface area (Å²) in [6.45, 7) is 5.68. The molecule has 0 radical (unpaired) electrons. The minimum absolute atomic E-state index is 0.643. The minimum atomic E-state index is 0.643. The van der Waals surface area contributed by atoms with Crippen LogP contribution in [0.1, 0.15) is 6.42 Å². The van der Waals surface area contributed by atoms with E-state index in [1.165, 1.54) is 0 Å². The van der Waals surface area contributed by atoms with Crippen LogP contribution in [0.25, 0.3) is 0 Å². The van der Waals surface area contributed by atoms with Gasteiger partial charge in [-0.15, -0.1) is 6.58 Å². The third kappa shape index (κ3) is 4.03. The van der Waals surface area contributed by atoms with E-state index < -0.39 is 0 Å². The number of nitrogen functional groups attached to an aromatic ring is 1. The maximum absolute atomic E-state index is 5.70. The molecule has 1 aromatic heterocycles. The number of nitrogens with two attached hydrogens (primary N) is 1. The Balaban J connectivity index is 2.14. The number of hydrogen-bond acceptors (Lipinski definition) is 4. The van der Waals surface area contributed by atoms with Gasteiger partial charge in [0.25, 0.3) is 0 Å². The molecule has 3 N–H and O–H groups in total. The summed E-state index contributed by atoms with van der Waals surface area (Å²) in [4.78, 5) is 0. The number of nitrogens with one attached hydrogen (secondary N) is 1. The summed E-state index contributed by atoms with van der Waals surface area (Å²) in [6.07, 6.45) is 4.48. The largest absolute Gasteiger partial charge is 0.394 e. The number of aromatic nitrogens is 2. The average molecular weight is 210 g/mol. The number of nitrogens with zero attached hydrogens (tertiary/aromatic N) is 2. The first kappa shape index (κ1) is 11.6. The van der Waals surface area contributed by atoms with E-state index in [4.69, 9.17) is 10.5 Å². The summed E-state index contributed by atoms with van der Waals surface area (Å²) in [5, 5.41) is 7.26. The molecule has 0 bridgehead atoms. The zero-order valence-corrected chi connectivity index (χ0v) is 9.07. The fourth-order valence-corrected chi connectivity index (χ4v) is 1.15. The van der Waals surface area contributed by atoms with Crippen LogP contribution in [0.5, 0.6) is 0 Å². The van der Waals surface area contributed by atoms with E-state index in [1.54, 1.807) is 10.9 Å². The van der Waals surface area contributed by atoms with Crippen molar-refractivity contribution in [1.29, 1.82) is 0 Å². The van der Waals surface area contributed by atoms with Crippen molar-refractivity contribution in [2.75, 3.05) is 30.8 Å². The average Bonchev–Trinajstić information content (AvgIpc) is 2.51. The van der Waals surface area contributed by atoms with E-state index in [1.807, 2.05) is 13.1 Å². The second kappa shape index (κ2) is 6.08. The SMILES string of the molecule is C=CCCOCCNc1nn(C)cc1N. The lowest BCUT2D eigenvalue weighted by Crippen LogP contribution is -2.11. The number of aryl methyl sites for hydroxylation is 1. The second-order valence-corrected chi connectivity index (χ2v) is 3.22. The van der Waals surface area contributed by atoms with Crippen LogP contribution in [0, 0.1) is 0 Å². The van der Waals surface area contributed by atoms with Crippen LogP contribution in [0.4, 0.5) is 11.5 Å². The summed E-state index contributed by atoms with van der Waals surface area (Å²) < 4.78 is 7.01. The highest BCUT2D eigenvalue weighted by atomic mass is 16.5. The molecule has 15 heavy (non-hydrogen) atoms. The van der Waals surface area contributed by atoms with Gasteiger partial charge in [-0.3, -0.25) is 4.68 Å². The van der Waals surface area contributed by atoms with Crippen LogP contribution in [0.15, 0.2) is 18.9 Å². The normalized spacial score (nSPS) is 10.2. The van der Waals surface area contributed by atoms with Crippen molar-refractivity contribution in [2.45, 2.75) is 6.42 Å². The first-order chi connectivity index (χ1) is 7.24. The van der Waals surface area contributed by atoms with Gasteiger partial charge in [0.2, 0.25) is 0 Å². The number of rotatable bonds is 7. The van der Waals surface area contributed by atoms with E-state index in [-0.39, 0.29) is 0 Å². The Morgan fingerprint density at radius 1 is 1.67 bits per heavy atom. The quantitative estimate of drug-likeness (QED) is 0.520. The smallest absolute Gasteiger partial charge is 0.171 e. The highest BCUT2D eigenvalue weighted by molar-refractivity contribution is 5.59. The van der Waals surface area contributed by atoms with E-state index in [2.05, 4.69) is 17.0 Å². The Labute approximate surface area is 89.9 Å². The predicted octanol–water partition coefficient (Wildman–Crippen LogP) is 1.01. The lowest BCUT2D eigenvalue weighted by Gasteiger charge is -2.04. The maximum Gasteiger partial charge on any atom is 0.171 e. The third-order valence-electron chi connectivity index (χ3n) is 1.86. The van der Waals surface area contributed by atoms with Crippen LogP contribution in [-0.4, -0.2) is 29.5 Å². The summed E-state index contributed by atoms with van der Waals surface area (Å²) in [6, 6.07) is 0.